The molecule has 1 aliphatic rings. The maximum atomic E-state index is 13.8. The quantitative estimate of drug-likeness (QED) is 0.884. The minimum absolute atomic E-state index is 0.439. The van der Waals surface area contributed by atoms with Crippen LogP contribution in [-0.4, -0.2) is 27.7 Å². The molecule has 2 N–H and O–H groups in total. The van der Waals surface area contributed by atoms with E-state index in [1.165, 1.54) is 18.5 Å². The second kappa shape index (κ2) is 5.83. The molecule has 1 aliphatic heterocycles. The summed E-state index contributed by atoms with van der Waals surface area (Å²) in [6.45, 7) is 3.31. The summed E-state index contributed by atoms with van der Waals surface area (Å²) in [6.07, 6.45) is 1.83. The number of aliphatic hydroxyl groups excluding tert-OH is 1. The van der Waals surface area contributed by atoms with Crippen LogP contribution in [0, 0.1) is 11.6 Å². The maximum absolute atomic E-state index is 13.8. The molecule has 126 valence electrons. The monoisotopic (exact) mass is 334 g/mol. The van der Waals surface area contributed by atoms with Crippen LogP contribution in [0.5, 0.6) is 5.75 Å². The lowest BCUT2D eigenvalue weighted by Crippen LogP contribution is -2.53. The molecular weight excluding hydrogens is 318 g/mol. The molecule has 1 aromatic carbocycles. The molecular formula is C17H16F2N2O3. The number of pyridine rings is 1. The molecule has 0 radical (unpaired) electrons. The van der Waals surface area contributed by atoms with Crippen LogP contribution in [0.25, 0.3) is 0 Å². The molecule has 2 aromatic rings. The highest BCUT2D eigenvalue weighted by atomic mass is 19.1. The molecule has 1 amide bonds. The molecule has 0 saturated carbocycles. The normalized spacial score (nSPS) is 21.5. The highest BCUT2D eigenvalue weighted by molar-refractivity contribution is 5.95. The Hall–Kier alpha value is -2.54. The van der Waals surface area contributed by atoms with E-state index in [4.69, 9.17) is 4.74 Å². The molecule has 5 nitrogen and oxygen atoms in total. The van der Waals surface area contributed by atoms with Gasteiger partial charge in [-0.15, -0.1) is 0 Å². The van der Waals surface area contributed by atoms with Gasteiger partial charge in [-0.3, -0.25) is 9.78 Å². The fourth-order valence-corrected chi connectivity index (χ4v) is 2.72. The molecule has 1 aromatic heterocycles. The smallest absolute Gasteiger partial charge is 0.257 e. The van der Waals surface area contributed by atoms with E-state index in [1.54, 1.807) is 19.9 Å². The Bertz CT molecular complexity index is 775. The number of carbonyl (C=O) groups excluding carboxylic acids is 1. The first-order chi connectivity index (χ1) is 11.3. The second-order valence-electron chi connectivity index (χ2n) is 6.11. The van der Waals surface area contributed by atoms with E-state index in [0.717, 1.165) is 12.1 Å². The van der Waals surface area contributed by atoms with Crippen molar-refractivity contribution < 1.29 is 23.4 Å². The summed E-state index contributed by atoms with van der Waals surface area (Å²) in [6, 6.07) is 3.86. The first-order valence-electron chi connectivity index (χ1n) is 7.37. The summed E-state index contributed by atoms with van der Waals surface area (Å²) in [5.41, 5.74) is -1.26. The number of carbonyl (C=O) groups is 1. The highest BCUT2D eigenvalue weighted by Gasteiger charge is 2.44. The number of aromatic nitrogens is 1. The van der Waals surface area contributed by atoms with Crippen LogP contribution in [0.15, 0.2) is 36.7 Å². The number of hydrogen-bond donors (Lipinski definition) is 2. The number of amides is 1. The Morgan fingerprint density at radius 2 is 1.96 bits per heavy atom. The van der Waals surface area contributed by atoms with Crippen molar-refractivity contribution in [3.63, 3.8) is 0 Å². The van der Waals surface area contributed by atoms with E-state index < -0.39 is 40.9 Å². The van der Waals surface area contributed by atoms with Gasteiger partial charge in [0.1, 0.15) is 34.7 Å². The molecule has 24 heavy (non-hydrogen) atoms. The average Bonchev–Trinajstić information content (AvgIpc) is 2.51. The van der Waals surface area contributed by atoms with E-state index >= 15 is 0 Å². The Labute approximate surface area is 137 Å². The molecule has 0 fully saturated rings. The van der Waals surface area contributed by atoms with Gasteiger partial charge in [0.2, 0.25) is 0 Å². The third-order valence-corrected chi connectivity index (χ3v) is 4.02. The predicted octanol–water partition coefficient (Wildman–Crippen LogP) is 2.36. The lowest BCUT2D eigenvalue weighted by molar-refractivity contribution is -0.0629. The molecule has 7 heteroatoms. The zero-order valence-electron chi connectivity index (χ0n) is 13.1. The van der Waals surface area contributed by atoms with Gasteiger partial charge in [0.25, 0.3) is 5.91 Å². The minimum Gasteiger partial charge on any atom is -0.485 e. The van der Waals surface area contributed by atoms with Crippen molar-refractivity contribution in [2.75, 3.05) is 0 Å². The van der Waals surface area contributed by atoms with E-state index in [-0.39, 0.29) is 0 Å². The number of hydrogen-bond acceptors (Lipinski definition) is 4. The first kappa shape index (κ1) is 16.3. The number of fused-ring (bicyclic) bond motifs is 1. The number of halogens is 2. The molecule has 0 bridgehead atoms. The van der Waals surface area contributed by atoms with Crippen LogP contribution >= 0.6 is 0 Å². The van der Waals surface area contributed by atoms with Gasteiger partial charge in [0.15, 0.2) is 0 Å². The molecule has 0 saturated heterocycles. The molecule has 0 aliphatic carbocycles. The maximum Gasteiger partial charge on any atom is 0.257 e. The summed E-state index contributed by atoms with van der Waals surface area (Å²) < 4.78 is 33.3. The van der Waals surface area contributed by atoms with Crippen molar-refractivity contribution in [2.24, 2.45) is 0 Å². The highest BCUT2D eigenvalue weighted by Crippen LogP contribution is 2.39. The lowest BCUT2D eigenvalue weighted by atomic mass is 9.87. The van der Waals surface area contributed by atoms with Crippen molar-refractivity contribution in [1.29, 1.82) is 0 Å². The summed E-state index contributed by atoms with van der Waals surface area (Å²) in [5, 5.41) is 13.0. The van der Waals surface area contributed by atoms with Gasteiger partial charge in [-0.1, -0.05) is 6.07 Å². The minimum atomic E-state index is -1.13. The summed E-state index contributed by atoms with van der Waals surface area (Å²) >= 11 is 0. The number of nitrogens with zero attached hydrogens (tertiary/aromatic N) is 1. The van der Waals surface area contributed by atoms with Crippen LogP contribution in [-0.2, 0) is 0 Å². The van der Waals surface area contributed by atoms with Crippen LogP contribution in [0.1, 0.15) is 35.8 Å². The van der Waals surface area contributed by atoms with Gasteiger partial charge >= 0.3 is 0 Å². The largest absolute Gasteiger partial charge is 0.485 e. The molecule has 2 heterocycles. The number of benzene rings is 1. The SMILES string of the molecule is CC1(C)Oc2ccncc2[C@H](NC(=O)c2c(F)cccc2F)[C@H]1O. The lowest BCUT2D eigenvalue weighted by Gasteiger charge is -2.42. The van der Waals surface area contributed by atoms with Crippen molar-refractivity contribution in [3.8, 4) is 5.75 Å². The Morgan fingerprint density at radius 3 is 2.62 bits per heavy atom. The van der Waals surface area contributed by atoms with E-state index in [9.17, 15) is 18.7 Å². The van der Waals surface area contributed by atoms with Gasteiger partial charge in [-0.25, -0.2) is 8.78 Å². The van der Waals surface area contributed by atoms with Gasteiger partial charge in [0, 0.05) is 18.0 Å². The third-order valence-electron chi connectivity index (χ3n) is 4.02. The molecule has 2 atom stereocenters. The standard InChI is InChI=1S/C17H16F2N2O3/c1-17(2)15(22)14(9-8-20-7-6-12(9)24-17)21-16(23)13-10(18)4-3-5-11(13)19/h3-8,14-15,22H,1-2H3,(H,21,23)/t14-,15+/m0/s1. The van der Waals surface area contributed by atoms with E-state index in [2.05, 4.69) is 10.3 Å². The Kier molecular flexibility index (Phi) is 3.96. The van der Waals surface area contributed by atoms with Crippen molar-refractivity contribution >= 4 is 5.91 Å². The van der Waals surface area contributed by atoms with Crippen LogP contribution < -0.4 is 10.1 Å². The first-order valence-corrected chi connectivity index (χ1v) is 7.37. The number of rotatable bonds is 2. The fourth-order valence-electron chi connectivity index (χ4n) is 2.72. The third kappa shape index (κ3) is 2.71. The van der Waals surface area contributed by atoms with Crippen LogP contribution in [0.4, 0.5) is 8.78 Å². The Balaban J connectivity index is 1.98. The van der Waals surface area contributed by atoms with Crippen LogP contribution in [0.3, 0.4) is 0 Å². The van der Waals surface area contributed by atoms with Crippen molar-refractivity contribution in [3.05, 3.63) is 59.4 Å². The summed E-state index contributed by atoms with van der Waals surface area (Å²) in [4.78, 5) is 16.3. The van der Waals surface area contributed by atoms with Crippen molar-refractivity contribution in [1.82, 2.24) is 10.3 Å². The molecule has 0 unspecified atom stereocenters. The average molecular weight is 334 g/mol. The number of ether oxygens (including phenoxy) is 1. The van der Waals surface area contributed by atoms with Gasteiger partial charge in [0.05, 0.1) is 6.04 Å². The predicted molar refractivity (Wildman–Crippen MR) is 81.5 cm³/mol. The molecule has 0 spiro atoms. The topological polar surface area (TPSA) is 71.5 Å². The summed E-state index contributed by atoms with van der Waals surface area (Å²) in [5.74, 6) is -2.46. The van der Waals surface area contributed by atoms with Gasteiger partial charge in [-0.05, 0) is 32.0 Å². The molecule has 3 rings (SSSR count). The van der Waals surface area contributed by atoms with Crippen molar-refractivity contribution in [2.45, 2.75) is 31.6 Å². The second-order valence-corrected chi connectivity index (χ2v) is 6.11. The zero-order chi connectivity index (χ0) is 17.5. The summed E-state index contributed by atoms with van der Waals surface area (Å²) in [7, 11) is 0. The van der Waals surface area contributed by atoms with Gasteiger partial charge < -0.3 is 15.2 Å². The number of aliphatic hydroxyl groups is 1. The van der Waals surface area contributed by atoms with E-state index in [0.29, 0.717) is 11.3 Å². The zero-order valence-corrected chi connectivity index (χ0v) is 13.1. The number of nitrogens with one attached hydrogen (secondary N) is 1. The Morgan fingerprint density at radius 1 is 1.29 bits per heavy atom. The van der Waals surface area contributed by atoms with Crippen LogP contribution in [0.2, 0.25) is 0 Å². The fraction of sp³-hybridized carbons (Fsp3) is 0.294. The van der Waals surface area contributed by atoms with Gasteiger partial charge in [-0.2, -0.15) is 0 Å². The van der Waals surface area contributed by atoms with E-state index in [1.807, 2.05) is 0 Å².